The van der Waals surface area contributed by atoms with Crippen LogP contribution >= 0.6 is 11.6 Å². The molecule has 0 aliphatic rings. The highest BCUT2D eigenvalue weighted by molar-refractivity contribution is 7.89. The smallest absolute Gasteiger partial charge is 0.259 e. The summed E-state index contributed by atoms with van der Waals surface area (Å²) in [5, 5.41) is 9.19. The molecule has 1 atom stereocenters. The van der Waals surface area contributed by atoms with Gasteiger partial charge in [-0.2, -0.15) is 9.57 Å². The first kappa shape index (κ1) is 18.3. The van der Waals surface area contributed by atoms with Crippen LogP contribution in [0.1, 0.15) is 17.2 Å². The lowest BCUT2D eigenvalue weighted by Gasteiger charge is -2.27. The molecule has 0 spiro atoms. The maximum absolute atomic E-state index is 13.5. The minimum absolute atomic E-state index is 0.0181. The fraction of sp³-hybridized carbons (Fsp3) is 0.200. The van der Waals surface area contributed by atoms with E-state index in [9.17, 15) is 17.2 Å². The zero-order valence-electron chi connectivity index (χ0n) is 12.4. The lowest BCUT2D eigenvalue weighted by atomic mass is 10.1. The zero-order valence-corrected chi connectivity index (χ0v) is 14.0. The van der Waals surface area contributed by atoms with Crippen LogP contribution in [0.15, 0.2) is 47.6 Å². The first-order chi connectivity index (χ1) is 11.3. The summed E-state index contributed by atoms with van der Waals surface area (Å²) in [6.45, 7) is 0. The molecule has 5 nitrogen and oxygen atoms in total. The SMILES string of the molecule is CN(C(c1ccc(Cl)cc1)C(F)F)S(=O)(=O)c1cncc(C#N)c1. The van der Waals surface area contributed by atoms with Gasteiger partial charge in [0.15, 0.2) is 0 Å². The van der Waals surface area contributed by atoms with Crippen molar-refractivity contribution >= 4 is 21.6 Å². The number of aromatic nitrogens is 1. The van der Waals surface area contributed by atoms with Gasteiger partial charge in [0, 0.05) is 24.5 Å². The second kappa shape index (κ2) is 7.21. The second-order valence-electron chi connectivity index (χ2n) is 4.87. The molecule has 1 aromatic heterocycles. The van der Waals surface area contributed by atoms with E-state index < -0.39 is 22.5 Å². The number of rotatable bonds is 5. The lowest BCUT2D eigenvalue weighted by molar-refractivity contribution is 0.0699. The highest BCUT2D eigenvalue weighted by Crippen LogP contribution is 2.31. The standard InChI is InChI=1S/C15H12ClF2N3O2S/c1-21(14(15(17)18)11-2-4-12(16)5-3-11)24(22,23)13-6-10(7-19)8-20-9-13/h2-6,8-9,14-15H,1H3. The summed E-state index contributed by atoms with van der Waals surface area (Å²) < 4.78 is 52.8. The molecule has 0 saturated carbocycles. The van der Waals surface area contributed by atoms with Crippen LogP contribution in [0.4, 0.5) is 8.78 Å². The maximum atomic E-state index is 13.5. The number of sulfonamides is 1. The van der Waals surface area contributed by atoms with Crippen LogP contribution in [0.3, 0.4) is 0 Å². The quantitative estimate of drug-likeness (QED) is 0.808. The molecule has 0 bridgehead atoms. The van der Waals surface area contributed by atoms with Crippen molar-refractivity contribution in [3.8, 4) is 6.07 Å². The summed E-state index contributed by atoms with van der Waals surface area (Å²) in [7, 11) is -3.21. The maximum Gasteiger partial charge on any atom is 0.259 e. The number of hydrogen-bond acceptors (Lipinski definition) is 4. The van der Waals surface area contributed by atoms with E-state index in [0.717, 1.165) is 19.3 Å². The van der Waals surface area contributed by atoms with Crippen LogP contribution in [0, 0.1) is 11.3 Å². The van der Waals surface area contributed by atoms with Crippen molar-refractivity contribution in [3.63, 3.8) is 0 Å². The zero-order chi connectivity index (χ0) is 17.9. The van der Waals surface area contributed by atoms with Crippen LogP contribution in [-0.2, 0) is 10.0 Å². The van der Waals surface area contributed by atoms with Crippen molar-refractivity contribution in [1.82, 2.24) is 9.29 Å². The number of alkyl halides is 2. The number of halogens is 3. The van der Waals surface area contributed by atoms with E-state index in [4.69, 9.17) is 16.9 Å². The first-order valence-electron chi connectivity index (χ1n) is 6.64. The molecule has 1 aromatic carbocycles. The molecule has 0 aliphatic heterocycles. The normalized spacial score (nSPS) is 13.0. The Bertz CT molecular complexity index is 867. The Labute approximate surface area is 143 Å². The predicted octanol–water partition coefficient (Wildman–Crippen LogP) is 3.23. The Kier molecular flexibility index (Phi) is 5.49. The molecule has 0 N–H and O–H groups in total. The monoisotopic (exact) mass is 371 g/mol. The summed E-state index contributed by atoms with van der Waals surface area (Å²) in [6, 6.07) is 6.65. The van der Waals surface area contributed by atoms with Gasteiger partial charge in [-0.1, -0.05) is 23.7 Å². The highest BCUT2D eigenvalue weighted by atomic mass is 35.5. The molecule has 126 valence electrons. The van der Waals surface area contributed by atoms with Gasteiger partial charge in [0.1, 0.15) is 17.0 Å². The molecule has 0 aliphatic carbocycles. The molecule has 0 radical (unpaired) electrons. The summed E-state index contributed by atoms with van der Waals surface area (Å²) in [5.41, 5.74) is 0.120. The summed E-state index contributed by atoms with van der Waals surface area (Å²) >= 11 is 5.74. The molecule has 2 rings (SSSR count). The number of nitriles is 1. The van der Waals surface area contributed by atoms with Gasteiger partial charge in [-0.25, -0.2) is 17.2 Å². The van der Waals surface area contributed by atoms with Crippen molar-refractivity contribution in [3.05, 3.63) is 58.9 Å². The van der Waals surface area contributed by atoms with Crippen LogP contribution in [0.25, 0.3) is 0 Å². The average molecular weight is 372 g/mol. The topological polar surface area (TPSA) is 74.1 Å². The third-order valence-electron chi connectivity index (χ3n) is 3.36. The van der Waals surface area contributed by atoms with Crippen LogP contribution in [-0.4, -0.2) is 31.2 Å². The molecule has 0 saturated heterocycles. The Morgan fingerprint density at radius 2 is 1.88 bits per heavy atom. The van der Waals surface area contributed by atoms with Gasteiger partial charge in [-0.15, -0.1) is 0 Å². The number of pyridine rings is 1. The average Bonchev–Trinajstić information content (AvgIpc) is 2.56. The first-order valence-corrected chi connectivity index (χ1v) is 8.46. The molecule has 2 aromatic rings. The molecule has 1 heterocycles. The van der Waals surface area contributed by atoms with E-state index in [1.165, 1.54) is 30.5 Å². The van der Waals surface area contributed by atoms with E-state index >= 15 is 0 Å². The third kappa shape index (κ3) is 3.70. The Balaban J connectivity index is 2.47. The van der Waals surface area contributed by atoms with Gasteiger partial charge in [0.05, 0.1) is 5.56 Å². The Morgan fingerprint density at radius 1 is 1.25 bits per heavy atom. The summed E-state index contributed by atoms with van der Waals surface area (Å²) in [4.78, 5) is 3.33. The van der Waals surface area contributed by atoms with Crippen molar-refractivity contribution < 1.29 is 17.2 Å². The van der Waals surface area contributed by atoms with E-state index in [1.807, 2.05) is 0 Å². The molecular weight excluding hydrogens is 360 g/mol. The number of nitrogens with zero attached hydrogens (tertiary/aromatic N) is 3. The number of benzene rings is 1. The van der Waals surface area contributed by atoms with Gasteiger partial charge >= 0.3 is 0 Å². The van der Waals surface area contributed by atoms with Crippen molar-refractivity contribution in [1.29, 1.82) is 5.26 Å². The molecule has 9 heteroatoms. The van der Waals surface area contributed by atoms with Gasteiger partial charge in [0.2, 0.25) is 10.0 Å². The van der Waals surface area contributed by atoms with Gasteiger partial charge in [-0.05, 0) is 23.8 Å². The van der Waals surface area contributed by atoms with E-state index in [2.05, 4.69) is 4.98 Å². The molecule has 0 fully saturated rings. The van der Waals surface area contributed by atoms with E-state index in [0.29, 0.717) is 9.33 Å². The minimum Gasteiger partial charge on any atom is -0.262 e. The van der Waals surface area contributed by atoms with Crippen LogP contribution in [0.2, 0.25) is 5.02 Å². The Hall–Kier alpha value is -2.08. The van der Waals surface area contributed by atoms with Gasteiger partial charge in [-0.3, -0.25) is 4.98 Å². The highest BCUT2D eigenvalue weighted by Gasteiger charge is 2.35. The number of hydrogen-bond donors (Lipinski definition) is 0. The van der Waals surface area contributed by atoms with Crippen LogP contribution in [0.5, 0.6) is 0 Å². The van der Waals surface area contributed by atoms with Crippen molar-refractivity contribution in [2.24, 2.45) is 0 Å². The van der Waals surface area contributed by atoms with Crippen molar-refractivity contribution in [2.75, 3.05) is 7.05 Å². The largest absolute Gasteiger partial charge is 0.262 e. The molecule has 1 unspecified atom stereocenters. The van der Waals surface area contributed by atoms with E-state index in [-0.39, 0.29) is 16.0 Å². The second-order valence-corrected chi connectivity index (χ2v) is 7.31. The fourth-order valence-corrected chi connectivity index (χ4v) is 3.55. The lowest BCUT2D eigenvalue weighted by Crippen LogP contribution is -2.35. The molecule has 0 amide bonds. The van der Waals surface area contributed by atoms with Gasteiger partial charge in [0.25, 0.3) is 6.43 Å². The fourth-order valence-electron chi connectivity index (χ4n) is 2.11. The predicted molar refractivity (Wildman–Crippen MR) is 84.1 cm³/mol. The van der Waals surface area contributed by atoms with Crippen LogP contribution < -0.4 is 0 Å². The summed E-state index contributed by atoms with van der Waals surface area (Å²) in [6.07, 6.45) is -0.766. The van der Waals surface area contributed by atoms with Gasteiger partial charge < -0.3 is 0 Å². The third-order valence-corrected chi connectivity index (χ3v) is 5.42. The Morgan fingerprint density at radius 3 is 2.42 bits per heavy atom. The molecular formula is C15H12ClF2N3O2S. The van der Waals surface area contributed by atoms with E-state index in [1.54, 1.807) is 6.07 Å². The molecule has 24 heavy (non-hydrogen) atoms. The van der Waals surface area contributed by atoms with Crippen molar-refractivity contribution in [2.45, 2.75) is 17.4 Å². The summed E-state index contributed by atoms with van der Waals surface area (Å²) in [5.74, 6) is 0. The minimum atomic E-state index is -4.27.